The Kier molecular flexibility index (Phi) is 11.5. The van der Waals surface area contributed by atoms with Crippen LogP contribution in [0.15, 0.2) is 41.9 Å². The van der Waals surface area contributed by atoms with Crippen LogP contribution in [-0.4, -0.2) is 10.9 Å². The third-order valence-electron chi connectivity index (χ3n) is 1.73. The molecule has 1 aromatic carbocycles. The lowest BCUT2D eigenvalue weighted by Gasteiger charge is -2.00. The molecule has 0 aliphatic rings. The van der Waals surface area contributed by atoms with Crippen LogP contribution in [0.2, 0.25) is 0 Å². The van der Waals surface area contributed by atoms with Crippen molar-refractivity contribution >= 4 is 47.4 Å². The van der Waals surface area contributed by atoms with E-state index >= 15 is 0 Å². The highest BCUT2D eigenvalue weighted by molar-refractivity contribution is 8.13. The smallest absolute Gasteiger partial charge is 0.159 e. The first-order valence-corrected chi connectivity index (χ1v) is 5.61. The number of hydrogen-bond acceptors (Lipinski definition) is 3. The summed E-state index contributed by atoms with van der Waals surface area (Å²) in [6, 6.07) is 7.72. The molecule has 0 aliphatic heterocycles. The van der Waals surface area contributed by atoms with Crippen LogP contribution >= 0.6 is 36.6 Å². The topological polar surface area (TPSA) is 64.4 Å². The summed E-state index contributed by atoms with van der Waals surface area (Å²) in [6.07, 6.45) is 1.79. The summed E-state index contributed by atoms with van der Waals surface area (Å²) in [6.45, 7) is 4.14. The Morgan fingerprint density at radius 2 is 2.12 bits per heavy atom. The van der Waals surface area contributed by atoms with Crippen LogP contribution in [0.5, 0.6) is 0 Å². The van der Waals surface area contributed by atoms with Crippen molar-refractivity contribution in [1.82, 2.24) is 0 Å². The van der Waals surface area contributed by atoms with Crippen molar-refractivity contribution in [1.29, 1.82) is 0 Å². The average Bonchev–Trinajstić information content (AvgIpc) is 2.26. The van der Waals surface area contributed by atoms with Gasteiger partial charge in [0.05, 0.1) is 5.69 Å². The number of benzene rings is 1. The highest BCUT2D eigenvalue weighted by Gasteiger charge is 1.95. The van der Waals surface area contributed by atoms with Gasteiger partial charge >= 0.3 is 0 Å². The van der Waals surface area contributed by atoms with Gasteiger partial charge in [-0.05, 0) is 17.7 Å². The molecule has 6 heteroatoms. The molecular formula is C11H17Cl2N3S. The van der Waals surface area contributed by atoms with E-state index in [4.69, 9.17) is 11.5 Å². The highest BCUT2D eigenvalue weighted by Crippen LogP contribution is 2.15. The fraction of sp³-hybridized carbons (Fsp3) is 0.182. The summed E-state index contributed by atoms with van der Waals surface area (Å²) in [5.41, 5.74) is 13.1. The average molecular weight is 294 g/mol. The summed E-state index contributed by atoms with van der Waals surface area (Å²) in [4.78, 5) is 4.26. The van der Waals surface area contributed by atoms with E-state index in [2.05, 4.69) is 11.6 Å². The zero-order valence-electron chi connectivity index (χ0n) is 9.33. The van der Waals surface area contributed by atoms with Crippen LogP contribution in [0.1, 0.15) is 5.56 Å². The summed E-state index contributed by atoms with van der Waals surface area (Å²) >= 11 is 1.46. The Hall–Kier alpha value is -0.680. The van der Waals surface area contributed by atoms with Crippen LogP contribution in [0, 0.1) is 0 Å². The number of nitrogens with two attached hydrogens (primary N) is 2. The lowest BCUT2D eigenvalue weighted by atomic mass is 10.2. The number of thioether (sulfide) groups is 1. The monoisotopic (exact) mass is 293 g/mol. The summed E-state index contributed by atoms with van der Waals surface area (Å²) in [7, 11) is 0. The molecule has 0 aliphatic carbocycles. The third kappa shape index (κ3) is 7.28. The molecule has 0 saturated carbocycles. The molecule has 1 rings (SSSR count). The molecule has 0 aromatic heterocycles. The second-order valence-electron chi connectivity index (χ2n) is 2.92. The van der Waals surface area contributed by atoms with E-state index in [9.17, 15) is 0 Å². The molecule has 1 aromatic rings. The van der Waals surface area contributed by atoms with Crippen molar-refractivity contribution in [2.24, 2.45) is 16.5 Å². The van der Waals surface area contributed by atoms with Gasteiger partial charge in [0, 0.05) is 12.3 Å². The second-order valence-corrected chi connectivity index (χ2v) is 3.96. The second kappa shape index (κ2) is 10.5. The van der Waals surface area contributed by atoms with Crippen LogP contribution in [0.3, 0.4) is 0 Å². The minimum absolute atomic E-state index is 0. The highest BCUT2D eigenvalue weighted by atomic mass is 35.5. The lowest BCUT2D eigenvalue weighted by molar-refractivity contribution is 1.07. The number of halogens is 2. The molecule has 4 N–H and O–H groups in total. The normalized spacial score (nSPS) is 10.1. The number of rotatable bonds is 4. The zero-order valence-corrected chi connectivity index (χ0v) is 11.8. The van der Waals surface area contributed by atoms with Gasteiger partial charge in [0.1, 0.15) is 0 Å². The number of nitrogens with zero attached hydrogens (tertiary/aromatic N) is 1. The van der Waals surface area contributed by atoms with Crippen molar-refractivity contribution in [3.05, 3.63) is 42.5 Å². The molecule has 0 heterocycles. The van der Waals surface area contributed by atoms with E-state index in [0.29, 0.717) is 11.7 Å². The Bertz CT molecular complexity index is 369. The number of aliphatic imine (C=N–C) groups is 1. The van der Waals surface area contributed by atoms with E-state index < -0.39 is 0 Å². The van der Waals surface area contributed by atoms with Gasteiger partial charge in [-0.3, -0.25) is 0 Å². The maximum Gasteiger partial charge on any atom is 0.159 e. The van der Waals surface area contributed by atoms with Crippen molar-refractivity contribution in [3.63, 3.8) is 0 Å². The van der Waals surface area contributed by atoms with Crippen molar-refractivity contribution < 1.29 is 0 Å². The molecule has 0 amide bonds. The van der Waals surface area contributed by atoms with E-state index in [1.165, 1.54) is 11.8 Å². The Labute approximate surface area is 119 Å². The SMILES string of the molecule is C=CCSC(N)=Nc1cccc(CN)c1.Cl.Cl. The number of hydrogen-bond donors (Lipinski definition) is 2. The minimum Gasteiger partial charge on any atom is -0.378 e. The molecule has 0 spiro atoms. The molecule has 0 bridgehead atoms. The Morgan fingerprint density at radius 3 is 2.71 bits per heavy atom. The molecule has 96 valence electrons. The van der Waals surface area contributed by atoms with Gasteiger partial charge in [0.2, 0.25) is 0 Å². The zero-order chi connectivity index (χ0) is 11.1. The van der Waals surface area contributed by atoms with E-state index in [0.717, 1.165) is 17.0 Å². The van der Waals surface area contributed by atoms with Gasteiger partial charge in [0.25, 0.3) is 0 Å². The Balaban J connectivity index is 0. The summed E-state index contributed by atoms with van der Waals surface area (Å²) in [5.74, 6) is 0.770. The molecular weight excluding hydrogens is 277 g/mol. The minimum atomic E-state index is 0. The van der Waals surface area contributed by atoms with E-state index in [1.807, 2.05) is 24.3 Å². The summed E-state index contributed by atoms with van der Waals surface area (Å²) in [5, 5.41) is 0.545. The van der Waals surface area contributed by atoms with Crippen molar-refractivity contribution in [2.45, 2.75) is 6.54 Å². The largest absolute Gasteiger partial charge is 0.378 e. The van der Waals surface area contributed by atoms with Gasteiger partial charge in [-0.1, -0.05) is 30.0 Å². The van der Waals surface area contributed by atoms with Gasteiger partial charge in [-0.2, -0.15) is 0 Å². The first-order valence-electron chi connectivity index (χ1n) is 4.63. The molecule has 0 fully saturated rings. The quantitative estimate of drug-likeness (QED) is 0.510. The number of amidine groups is 1. The first kappa shape index (κ1) is 18.7. The van der Waals surface area contributed by atoms with Crippen LogP contribution in [-0.2, 0) is 6.54 Å². The predicted octanol–water partition coefficient (Wildman–Crippen LogP) is 2.85. The van der Waals surface area contributed by atoms with E-state index in [1.54, 1.807) is 6.08 Å². The van der Waals surface area contributed by atoms with Crippen LogP contribution < -0.4 is 11.5 Å². The fourth-order valence-electron chi connectivity index (χ4n) is 1.06. The predicted molar refractivity (Wildman–Crippen MR) is 82.8 cm³/mol. The molecule has 0 atom stereocenters. The third-order valence-corrected chi connectivity index (χ3v) is 2.52. The van der Waals surface area contributed by atoms with Crippen LogP contribution in [0.4, 0.5) is 5.69 Å². The molecule has 17 heavy (non-hydrogen) atoms. The summed E-state index contributed by atoms with van der Waals surface area (Å²) < 4.78 is 0. The van der Waals surface area contributed by atoms with Crippen molar-refractivity contribution in [2.75, 3.05) is 5.75 Å². The van der Waals surface area contributed by atoms with Gasteiger partial charge in [-0.15, -0.1) is 31.4 Å². The van der Waals surface area contributed by atoms with Crippen LogP contribution in [0.25, 0.3) is 0 Å². The standard InChI is InChI=1S/C11H15N3S.2ClH/c1-2-6-15-11(13)14-10-5-3-4-9(7-10)8-12;;/h2-5,7H,1,6,8,12H2,(H2,13,14);2*1H. The first-order chi connectivity index (χ1) is 7.26. The van der Waals surface area contributed by atoms with Crippen molar-refractivity contribution in [3.8, 4) is 0 Å². The van der Waals surface area contributed by atoms with Gasteiger partial charge in [0.15, 0.2) is 5.17 Å². The maximum atomic E-state index is 5.72. The molecule has 0 radical (unpaired) electrons. The lowest BCUT2D eigenvalue weighted by Crippen LogP contribution is -2.06. The molecule has 3 nitrogen and oxygen atoms in total. The molecule has 0 unspecified atom stereocenters. The molecule has 0 saturated heterocycles. The van der Waals surface area contributed by atoms with Gasteiger partial charge in [-0.25, -0.2) is 4.99 Å². The fourth-order valence-corrected chi connectivity index (χ4v) is 1.52. The Morgan fingerprint density at radius 1 is 1.41 bits per heavy atom. The van der Waals surface area contributed by atoms with E-state index in [-0.39, 0.29) is 24.8 Å². The maximum absolute atomic E-state index is 5.72. The van der Waals surface area contributed by atoms with Gasteiger partial charge < -0.3 is 11.5 Å².